The van der Waals surface area contributed by atoms with Crippen LogP contribution >= 0.6 is 0 Å². The Labute approximate surface area is 127 Å². The van der Waals surface area contributed by atoms with Gasteiger partial charge in [-0.05, 0) is 12.1 Å². The van der Waals surface area contributed by atoms with Crippen LogP contribution in [0.4, 0.5) is 0 Å². The molecule has 0 bridgehead atoms. The molecule has 1 saturated heterocycles. The van der Waals surface area contributed by atoms with E-state index in [2.05, 4.69) is 25.3 Å². The minimum Gasteiger partial charge on any atom is -0.379 e. The monoisotopic (exact) mass is 303 g/mol. The van der Waals surface area contributed by atoms with Gasteiger partial charge in [0.15, 0.2) is 0 Å². The zero-order chi connectivity index (χ0) is 15.2. The van der Waals surface area contributed by atoms with Gasteiger partial charge in [0.1, 0.15) is 0 Å². The number of nitrogens with one attached hydrogen (secondary N) is 1. The van der Waals surface area contributed by atoms with Crippen LogP contribution in [0.25, 0.3) is 11.4 Å². The Morgan fingerprint density at radius 2 is 2.23 bits per heavy atom. The molecule has 8 heteroatoms. The van der Waals surface area contributed by atoms with E-state index in [1.165, 1.54) is 0 Å². The fourth-order valence-electron chi connectivity index (χ4n) is 2.16. The molecule has 0 aromatic carbocycles. The Morgan fingerprint density at radius 1 is 1.36 bits per heavy atom. The predicted octanol–water partition coefficient (Wildman–Crippen LogP) is 0.194. The van der Waals surface area contributed by atoms with Crippen LogP contribution < -0.4 is 5.32 Å². The van der Waals surface area contributed by atoms with Crippen molar-refractivity contribution >= 4 is 5.91 Å². The highest BCUT2D eigenvalue weighted by Crippen LogP contribution is 2.13. The lowest BCUT2D eigenvalue weighted by molar-refractivity contribution is 0.0382. The van der Waals surface area contributed by atoms with Crippen molar-refractivity contribution in [3.05, 3.63) is 30.4 Å². The number of amides is 1. The first-order chi connectivity index (χ1) is 10.8. The van der Waals surface area contributed by atoms with Crippen molar-refractivity contribution < 1.29 is 14.1 Å². The zero-order valence-electron chi connectivity index (χ0n) is 12.1. The molecule has 0 unspecified atom stereocenters. The van der Waals surface area contributed by atoms with Gasteiger partial charge in [0.2, 0.25) is 5.82 Å². The van der Waals surface area contributed by atoms with Gasteiger partial charge in [0.25, 0.3) is 0 Å². The van der Waals surface area contributed by atoms with Gasteiger partial charge in [-0.3, -0.25) is 14.7 Å². The van der Waals surface area contributed by atoms with Crippen molar-refractivity contribution in [1.82, 2.24) is 25.3 Å². The van der Waals surface area contributed by atoms with E-state index in [-0.39, 0.29) is 11.8 Å². The highest BCUT2D eigenvalue weighted by Gasteiger charge is 2.16. The average molecular weight is 303 g/mol. The molecule has 3 heterocycles. The third-order valence-electron chi connectivity index (χ3n) is 3.36. The van der Waals surface area contributed by atoms with Gasteiger partial charge in [-0.25, -0.2) is 0 Å². The number of nitrogens with zero attached hydrogens (tertiary/aromatic N) is 4. The lowest BCUT2D eigenvalue weighted by Gasteiger charge is -2.26. The van der Waals surface area contributed by atoms with Crippen LogP contribution in [0.15, 0.2) is 29.0 Å². The number of carbonyl (C=O) groups is 1. The highest BCUT2D eigenvalue weighted by molar-refractivity contribution is 5.89. The lowest BCUT2D eigenvalue weighted by Crippen LogP contribution is -2.41. The van der Waals surface area contributed by atoms with E-state index in [0.717, 1.165) is 32.8 Å². The minimum atomic E-state index is -0.365. The number of ether oxygens (including phenoxy) is 1. The number of morpholine rings is 1. The van der Waals surface area contributed by atoms with Gasteiger partial charge in [-0.1, -0.05) is 5.16 Å². The van der Waals surface area contributed by atoms with Crippen molar-refractivity contribution in [2.24, 2.45) is 0 Å². The van der Waals surface area contributed by atoms with Gasteiger partial charge in [0, 0.05) is 44.1 Å². The number of hydrogen-bond acceptors (Lipinski definition) is 7. The summed E-state index contributed by atoms with van der Waals surface area (Å²) in [6.45, 7) is 4.57. The van der Waals surface area contributed by atoms with Crippen molar-refractivity contribution in [3.63, 3.8) is 0 Å². The molecule has 1 aliphatic rings. The van der Waals surface area contributed by atoms with Crippen LogP contribution in [-0.2, 0) is 4.74 Å². The normalized spacial score (nSPS) is 15.6. The molecule has 116 valence electrons. The largest absolute Gasteiger partial charge is 0.379 e. The summed E-state index contributed by atoms with van der Waals surface area (Å²) in [5.74, 6) is -0.0526. The van der Waals surface area contributed by atoms with Crippen LogP contribution in [0.5, 0.6) is 0 Å². The van der Waals surface area contributed by atoms with Gasteiger partial charge in [-0.15, -0.1) is 0 Å². The summed E-state index contributed by atoms with van der Waals surface area (Å²) in [6, 6.07) is 3.58. The van der Waals surface area contributed by atoms with E-state index in [9.17, 15) is 4.79 Å². The molecule has 2 aromatic heterocycles. The van der Waals surface area contributed by atoms with Crippen molar-refractivity contribution in [3.8, 4) is 11.4 Å². The summed E-state index contributed by atoms with van der Waals surface area (Å²) in [6.07, 6.45) is 3.27. The smallest absolute Gasteiger partial charge is 0.316 e. The first kappa shape index (κ1) is 14.6. The van der Waals surface area contributed by atoms with Gasteiger partial charge < -0.3 is 14.6 Å². The Morgan fingerprint density at radius 3 is 3.00 bits per heavy atom. The molecule has 0 radical (unpaired) electrons. The van der Waals surface area contributed by atoms with Gasteiger partial charge in [-0.2, -0.15) is 4.98 Å². The Balaban J connectivity index is 1.51. The van der Waals surface area contributed by atoms with Crippen LogP contribution in [0, 0.1) is 0 Å². The maximum absolute atomic E-state index is 12.0. The van der Waals surface area contributed by atoms with Crippen LogP contribution in [0.1, 0.15) is 10.7 Å². The molecule has 1 aliphatic heterocycles. The fourth-order valence-corrected chi connectivity index (χ4v) is 2.16. The maximum Gasteiger partial charge on any atom is 0.316 e. The van der Waals surface area contributed by atoms with E-state index < -0.39 is 0 Å². The number of aromatic nitrogens is 3. The predicted molar refractivity (Wildman–Crippen MR) is 77.1 cm³/mol. The second-order valence-electron chi connectivity index (χ2n) is 4.87. The zero-order valence-corrected chi connectivity index (χ0v) is 12.1. The average Bonchev–Trinajstić information content (AvgIpc) is 3.07. The Kier molecular flexibility index (Phi) is 4.71. The Hall–Kier alpha value is -2.32. The van der Waals surface area contributed by atoms with Gasteiger partial charge >= 0.3 is 11.8 Å². The third-order valence-corrected chi connectivity index (χ3v) is 3.36. The highest BCUT2D eigenvalue weighted by atomic mass is 16.5. The Bertz CT molecular complexity index is 610. The summed E-state index contributed by atoms with van der Waals surface area (Å²) >= 11 is 0. The molecule has 0 aliphatic carbocycles. The second-order valence-corrected chi connectivity index (χ2v) is 4.87. The molecule has 1 fully saturated rings. The van der Waals surface area contributed by atoms with Crippen molar-refractivity contribution in [1.29, 1.82) is 0 Å². The van der Waals surface area contributed by atoms with E-state index in [1.807, 2.05) is 0 Å². The van der Waals surface area contributed by atoms with Crippen molar-refractivity contribution in [2.45, 2.75) is 0 Å². The van der Waals surface area contributed by atoms with Crippen molar-refractivity contribution in [2.75, 3.05) is 39.4 Å². The summed E-state index contributed by atoms with van der Waals surface area (Å²) in [5, 5.41) is 6.57. The first-order valence-electron chi connectivity index (χ1n) is 7.15. The van der Waals surface area contributed by atoms with E-state index in [0.29, 0.717) is 17.9 Å². The summed E-state index contributed by atoms with van der Waals surface area (Å²) in [7, 11) is 0. The summed E-state index contributed by atoms with van der Waals surface area (Å²) in [4.78, 5) is 22.3. The van der Waals surface area contributed by atoms with E-state index >= 15 is 0 Å². The molecule has 22 heavy (non-hydrogen) atoms. The fraction of sp³-hybridized carbons (Fsp3) is 0.429. The third kappa shape index (κ3) is 3.66. The SMILES string of the molecule is O=C(NCCN1CCOCC1)c1nc(-c2cccnc2)no1. The molecule has 2 aromatic rings. The first-order valence-corrected chi connectivity index (χ1v) is 7.15. The topological polar surface area (TPSA) is 93.4 Å². The second kappa shape index (κ2) is 7.10. The summed E-state index contributed by atoms with van der Waals surface area (Å²) in [5.41, 5.74) is 0.707. The molecule has 0 atom stereocenters. The number of hydrogen-bond donors (Lipinski definition) is 1. The molecule has 1 amide bonds. The van der Waals surface area contributed by atoms with E-state index in [1.54, 1.807) is 24.5 Å². The van der Waals surface area contributed by atoms with Crippen LogP contribution in [0.3, 0.4) is 0 Å². The molecule has 3 rings (SSSR count). The molecular weight excluding hydrogens is 286 g/mol. The number of pyridine rings is 1. The summed E-state index contributed by atoms with van der Waals surface area (Å²) < 4.78 is 10.3. The molecule has 0 saturated carbocycles. The molecule has 8 nitrogen and oxygen atoms in total. The van der Waals surface area contributed by atoms with Crippen LogP contribution in [0.2, 0.25) is 0 Å². The van der Waals surface area contributed by atoms with Gasteiger partial charge in [0.05, 0.1) is 13.2 Å². The maximum atomic E-state index is 12.0. The number of rotatable bonds is 5. The number of carbonyl (C=O) groups excluding carboxylic acids is 1. The standard InChI is InChI=1S/C14H17N5O3/c20-13(16-4-5-19-6-8-21-9-7-19)14-17-12(18-22-14)11-2-1-3-15-10-11/h1-3,10H,4-9H2,(H,16,20). The van der Waals surface area contributed by atoms with E-state index in [4.69, 9.17) is 9.26 Å². The molecule has 1 N–H and O–H groups in total. The lowest BCUT2D eigenvalue weighted by atomic mass is 10.3. The molecular formula is C14H17N5O3. The minimum absolute atomic E-state index is 0.0409. The van der Waals surface area contributed by atoms with Crippen LogP contribution in [-0.4, -0.2) is 65.3 Å². The molecule has 0 spiro atoms. The quantitative estimate of drug-likeness (QED) is 0.843.